The van der Waals surface area contributed by atoms with E-state index in [0.717, 1.165) is 17.2 Å². The molecule has 2 aliphatic rings. The van der Waals surface area contributed by atoms with Crippen LogP contribution in [0.25, 0.3) is 0 Å². The third-order valence-electron chi connectivity index (χ3n) is 6.29. The maximum Gasteiger partial charge on any atom is 0.312 e. The quantitative estimate of drug-likeness (QED) is 0.182. The van der Waals surface area contributed by atoms with Crippen molar-refractivity contribution in [1.29, 1.82) is 0 Å². The highest BCUT2D eigenvalue weighted by Gasteiger charge is 2.59. The Bertz CT molecular complexity index is 1020. The average molecular weight is 486 g/mol. The molecule has 186 valence electrons. The Labute approximate surface area is 192 Å². The van der Waals surface area contributed by atoms with Crippen LogP contribution in [-0.4, -0.2) is 46.7 Å². The van der Waals surface area contributed by atoms with Crippen molar-refractivity contribution in [3.05, 3.63) is 41.2 Å². The van der Waals surface area contributed by atoms with E-state index in [1.165, 1.54) is 13.0 Å². The number of halogens is 4. The van der Waals surface area contributed by atoms with Crippen molar-refractivity contribution in [3.8, 4) is 0 Å². The number of nitrogens with two attached hydrogens (primary N) is 2. The topological polar surface area (TPSA) is 143 Å². The molecule has 13 heteroatoms. The number of amides is 3. The first kappa shape index (κ1) is 25.3. The summed E-state index contributed by atoms with van der Waals surface area (Å²) in [5.41, 5.74) is 6.17. The minimum absolute atomic E-state index is 0.0110. The van der Waals surface area contributed by atoms with Crippen LogP contribution >= 0.6 is 0 Å². The van der Waals surface area contributed by atoms with E-state index < -0.39 is 65.6 Å². The molecule has 1 saturated carbocycles. The number of hydrogen-bond acceptors (Lipinski definition) is 6. The number of rotatable bonds is 5. The van der Waals surface area contributed by atoms with Crippen molar-refractivity contribution in [2.75, 3.05) is 11.9 Å². The Morgan fingerprint density at radius 2 is 1.85 bits per heavy atom. The molecule has 2 fully saturated rings. The van der Waals surface area contributed by atoms with Crippen LogP contribution in [-0.2, 0) is 14.4 Å². The van der Waals surface area contributed by atoms with Gasteiger partial charge in [-0.25, -0.2) is 17.6 Å². The van der Waals surface area contributed by atoms with Crippen LogP contribution in [0.1, 0.15) is 31.7 Å². The Morgan fingerprint density at radius 1 is 1.21 bits per heavy atom. The zero-order valence-corrected chi connectivity index (χ0v) is 18.6. The molecule has 3 rings (SSSR count). The molecule has 1 saturated heterocycles. The molecule has 2 atom stereocenters. The van der Waals surface area contributed by atoms with Crippen molar-refractivity contribution in [1.82, 2.24) is 15.6 Å². The number of alkyl halides is 2. The molecule has 1 aliphatic carbocycles. The first-order valence-electron chi connectivity index (χ1n) is 10.5. The van der Waals surface area contributed by atoms with Gasteiger partial charge in [-0.15, -0.1) is 0 Å². The number of anilines is 1. The summed E-state index contributed by atoms with van der Waals surface area (Å²) in [4.78, 5) is 39.2. The van der Waals surface area contributed by atoms with E-state index in [1.807, 2.05) is 0 Å². The van der Waals surface area contributed by atoms with Gasteiger partial charge in [-0.05, 0) is 31.9 Å². The van der Waals surface area contributed by atoms with Crippen LogP contribution in [0.2, 0.25) is 0 Å². The number of carbonyl (C=O) groups excluding carboxylic acids is 3. The van der Waals surface area contributed by atoms with Crippen molar-refractivity contribution < 1.29 is 31.9 Å². The van der Waals surface area contributed by atoms with Gasteiger partial charge in [0.2, 0.25) is 5.91 Å². The predicted octanol–water partition coefficient (Wildman–Crippen LogP) is 0.996. The summed E-state index contributed by atoms with van der Waals surface area (Å²) in [7, 11) is 0. The van der Waals surface area contributed by atoms with E-state index in [9.17, 15) is 31.9 Å². The number of aryl methyl sites for hydroxylation is 1. The van der Waals surface area contributed by atoms with E-state index >= 15 is 0 Å². The Balaban J connectivity index is 1.67. The fourth-order valence-electron chi connectivity index (χ4n) is 4.44. The lowest BCUT2D eigenvalue weighted by atomic mass is 9.71. The third kappa shape index (κ3) is 4.79. The van der Waals surface area contributed by atoms with Gasteiger partial charge in [0.05, 0.1) is 17.2 Å². The average Bonchev–Trinajstić information content (AvgIpc) is 3.11. The largest absolute Gasteiger partial charge is 0.399 e. The number of nitrogens with zero attached hydrogens (tertiary/aromatic N) is 1. The smallest absolute Gasteiger partial charge is 0.312 e. The maximum atomic E-state index is 13.6. The molecule has 0 radical (unpaired) electrons. The molecule has 9 nitrogen and oxygen atoms in total. The molecular formula is C21H26F4N6O3. The number of carbonyl (C=O) groups is 3. The van der Waals surface area contributed by atoms with E-state index in [0.29, 0.717) is 0 Å². The lowest BCUT2D eigenvalue weighted by Crippen LogP contribution is -2.66. The number of hydrazine groups is 1. The normalized spacial score (nSPS) is 23.1. The molecule has 2 unspecified atom stereocenters. The van der Waals surface area contributed by atoms with Crippen molar-refractivity contribution in [3.63, 3.8) is 0 Å². The summed E-state index contributed by atoms with van der Waals surface area (Å²) < 4.78 is 54.2. The summed E-state index contributed by atoms with van der Waals surface area (Å²) in [6.07, 6.45) is -0.329. The molecule has 1 aromatic rings. The van der Waals surface area contributed by atoms with Gasteiger partial charge >= 0.3 is 11.8 Å². The maximum absolute atomic E-state index is 13.6. The van der Waals surface area contributed by atoms with E-state index in [1.54, 1.807) is 6.92 Å². The molecule has 7 N–H and O–H groups in total. The molecule has 0 aromatic heterocycles. The van der Waals surface area contributed by atoms with E-state index in [4.69, 9.17) is 11.6 Å². The first-order chi connectivity index (χ1) is 15.8. The molecule has 1 heterocycles. The molecule has 3 amide bonds. The molecule has 34 heavy (non-hydrogen) atoms. The standard InChI is InChI=1S/C21H26F4N6O3/c1-10-5-12(6-14(22)16(10)23)29-17(32)13-3-4-31(11(13)2)19(34)18(33)30-20(15(26)7-28-27)8-21(24,25)9-20/h5-7,11,13,28H,3-4,8-9,26-27H2,1-2H3,(H,29,32)(H,30,33)/b15-7-. The third-order valence-corrected chi connectivity index (χ3v) is 6.29. The van der Waals surface area contributed by atoms with Gasteiger partial charge in [0.15, 0.2) is 11.6 Å². The van der Waals surface area contributed by atoms with Crippen LogP contribution in [0.5, 0.6) is 0 Å². The Morgan fingerprint density at radius 3 is 2.41 bits per heavy atom. The SMILES string of the molecule is Cc1cc(NC(=O)C2CCN(C(=O)C(=O)NC3(/C(N)=C/NN)CC(F)(F)C3)C2C)cc(F)c1F. The second-order valence-corrected chi connectivity index (χ2v) is 8.72. The van der Waals surface area contributed by atoms with Crippen molar-refractivity contribution in [2.24, 2.45) is 17.5 Å². The second-order valence-electron chi connectivity index (χ2n) is 8.72. The molecule has 0 spiro atoms. The second kappa shape index (κ2) is 9.12. The molecule has 1 aromatic carbocycles. The molecule has 1 aliphatic heterocycles. The van der Waals surface area contributed by atoms with Gasteiger partial charge in [0.25, 0.3) is 5.92 Å². The zero-order chi connectivity index (χ0) is 25.4. The summed E-state index contributed by atoms with van der Waals surface area (Å²) >= 11 is 0. The Hall–Kier alpha value is -3.35. The van der Waals surface area contributed by atoms with Gasteiger partial charge < -0.3 is 26.7 Å². The summed E-state index contributed by atoms with van der Waals surface area (Å²) in [6, 6.07) is 1.40. The molecule has 0 bridgehead atoms. The van der Waals surface area contributed by atoms with E-state index in [2.05, 4.69) is 16.1 Å². The first-order valence-corrected chi connectivity index (χ1v) is 10.5. The minimum Gasteiger partial charge on any atom is -0.399 e. The van der Waals surface area contributed by atoms with Gasteiger partial charge in [0, 0.05) is 43.4 Å². The van der Waals surface area contributed by atoms with Crippen molar-refractivity contribution in [2.45, 2.75) is 50.6 Å². The molecular weight excluding hydrogens is 460 g/mol. The summed E-state index contributed by atoms with van der Waals surface area (Å²) in [6.45, 7) is 2.96. The fraction of sp³-hybridized carbons (Fsp3) is 0.476. The fourth-order valence-corrected chi connectivity index (χ4v) is 4.44. The van der Waals surface area contributed by atoms with Gasteiger partial charge in [-0.2, -0.15) is 0 Å². The van der Waals surface area contributed by atoms with Crippen LogP contribution < -0.4 is 27.6 Å². The van der Waals surface area contributed by atoms with Crippen LogP contribution in [0.4, 0.5) is 23.2 Å². The van der Waals surface area contributed by atoms with Gasteiger partial charge in [0.1, 0.15) is 0 Å². The van der Waals surface area contributed by atoms with Crippen LogP contribution in [0.3, 0.4) is 0 Å². The number of likely N-dealkylation sites (tertiary alicyclic amines) is 1. The lowest BCUT2D eigenvalue weighted by Gasteiger charge is -2.47. The Kier molecular flexibility index (Phi) is 6.78. The number of nitrogens with one attached hydrogen (secondary N) is 3. The van der Waals surface area contributed by atoms with Gasteiger partial charge in [-0.1, -0.05) is 0 Å². The van der Waals surface area contributed by atoms with Gasteiger partial charge in [-0.3, -0.25) is 20.2 Å². The lowest BCUT2D eigenvalue weighted by molar-refractivity contribution is -0.154. The van der Waals surface area contributed by atoms with Crippen LogP contribution in [0, 0.1) is 24.5 Å². The van der Waals surface area contributed by atoms with Crippen LogP contribution in [0.15, 0.2) is 24.0 Å². The minimum atomic E-state index is -3.06. The highest BCUT2D eigenvalue weighted by Crippen LogP contribution is 2.48. The zero-order valence-electron chi connectivity index (χ0n) is 18.6. The monoisotopic (exact) mass is 486 g/mol. The van der Waals surface area contributed by atoms with E-state index in [-0.39, 0.29) is 29.9 Å². The highest BCUT2D eigenvalue weighted by atomic mass is 19.3. The summed E-state index contributed by atoms with van der Waals surface area (Å²) in [5.74, 6) is -3.48. The highest BCUT2D eigenvalue weighted by molar-refractivity contribution is 6.35. The summed E-state index contributed by atoms with van der Waals surface area (Å²) in [5, 5.41) is 4.79. The number of benzene rings is 1. The number of hydrogen-bond donors (Lipinski definition) is 5. The van der Waals surface area contributed by atoms with Crippen molar-refractivity contribution >= 4 is 23.4 Å². The predicted molar refractivity (Wildman–Crippen MR) is 114 cm³/mol.